The zero-order chi connectivity index (χ0) is 24.3. The molecule has 2 amide bonds. The van der Waals surface area contributed by atoms with Crippen molar-refractivity contribution in [2.75, 3.05) is 12.3 Å². The number of carbonyl (C=O) groups excluding carboxylic acids is 2. The van der Waals surface area contributed by atoms with Gasteiger partial charge in [0.25, 0.3) is 0 Å². The lowest BCUT2D eigenvalue weighted by Gasteiger charge is -2.31. The third-order valence-electron chi connectivity index (χ3n) is 5.27. The van der Waals surface area contributed by atoms with Crippen LogP contribution in [0.4, 0.5) is 0 Å². The van der Waals surface area contributed by atoms with Gasteiger partial charge in [0.1, 0.15) is 6.04 Å². The minimum atomic E-state index is -0.595. The molecular weight excluding hydrogens is 576 g/mol. The molecule has 0 saturated heterocycles. The predicted octanol–water partition coefficient (Wildman–Crippen LogP) is 6.22. The van der Waals surface area contributed by atoms with E-state index in [0.29, 0.717) is 25.3 Å². The maximum atomic E-state index is 13.5. The van der Waals surface area contributed by atoms with E-state index in [-0.39, 0.29) is 11.8 Å². The Kier molecular flexibility index (Phi) is 10.7. The molecule has 0 heterocycles. The number of nitrogens with zero attached hydrogens (tertiary/aromatic N) is 1. The third kappa shape index (κ3) is 8.29. The van der Waals surface area contributed by atoms with Gasteiger partial charge in [-0.15, -0.1) is 11.8 Å². The molecule has 1 unspecified atom stereocenters. The molecule has 0 aliphatic heterocycles. The summed E-state index contributed by atoms with van der Waals surface area (Å²) in [6, 6.07) is 25.2. The Balaban J connectivity index is 1.81. The fourth-order valence-corrected chi connectivity index (χ4v) is 5.18. The Labute approximate surface area is 222 Å². The number of carbonyl (C=O) groups is 2. The zero-order valence-corrected chi connectivity index (χ0v) is 23.0. The number of thioether (sulfide) groups is 1. The molecule has 7 heteroatoms. The van der Waals surface area contributed by atoms with Gasteiger partial charge in [-0.3, -0.25) is 9.59 Å². The third-order valence-corrected chi connectivity index (χ3v) is 7.28. The summed E-state index contributed by atoms with van der Waals surface area (Å²) < 4.78 is 1.97. The lowest BCUT2D eigenvalue weighted by Crippen LogP contribution is -2.51. The fourth-order valence-electron chi connectivity index (χ4n) is 3.60. The van der Waals surface area contributed by atoms with Gasteiger partial charge in [0.05, 0.1) is 5.75 Å². The summed E-state index contributed by atoms with van der Waals surface area (Å²) in [5.74, 6) is 0.852. The molecule has 0 aliphatic carbocycles. The summed E-state index contributed by atoms with van der Waals surface area (Å²) in [6.07, 6.45) is 0.462. The molecular formula is C27H28Br2N2O2S. The van der Waals surface area contributed by atoms with Gasteiger partial charge in [-0.05, 0) is 47.9 Å². The molecule has 3 rings (SSSR count). The highest BCUT2D eigenvalue weighted by atomic mass is 79.9. The van der Waals surface area contributed by atoms with E-state index in [1.807, 2.05) is 85.8 Å². The van der Waals surface area contributed by atoms with Gasteiger partial charge in [-0.25, -0.2) is 0 Å². The van der Waals surface area contributed by atoms with E-state index in [2.05, 4.69) is 37.2 Å². The molecule has 0 fully saturated rings. The molecule has 34 heavy (non-hydrogen) atoms. The summed E-state index contributed by atoms with van der Waals surface area (Å²) in [6.45, 7) is 2.78. The van der Waals surface area contributed by atoms with Crippen LogP contribution in [0.5, 0.6) is 0 Å². The monoisotopic (exact) mass is 602 g/mol. The lowest BCUT2D eigenvalue weighted by atomic mass is 10.0. The molecule has 1 N–H and O–H groups in total. The molecule has 0 aromatic heterocycles. The highest BCUT2D eigenvalue weighted by Gasteiger charge is 2.30. The van der Waals surface area contributed by atoms with Crippen LogP contribution in [0.25, 0.3) is 0 Å². The number of halogens is 2. The maximum Gasteiger partial charge on any atom is 0.243 e. The number of rotatable bonds is 11. The van der Waals surface area contributed by atoms with E-state index in [4.69, 9.17) is 0 Å². The van der Waals surface area contributed by atoms with E-state index < -0.39 is 6.04 Å². The van der Waals surface area contributed by atoms with Crippen molar-refractivity contribution in [1.29, 1.82) is 0 Å². The molecule has 0 saturated carbocycles. The van der Waals surface area contributed by atoms with Crippen LogP contribution in [-0.2, 0) is 28.3 Å². The van der Waals surface area contributed by atoms with E-state index in [9.17, 15) is 9.59 Å². The van der Waals surface area contributed by atoms with Gasteiger partial charge in [0.15, 0.2) is 0 Å². The summed E-state index contributed by atoms with van der Waals surface area (Å²) in [5.41, 5.74) is 3.15. The lowest BCUT2D eigenvalue weighted by molar-refractivity contribution is -0.139. The van der Waals surface area contributed by atoms with Crippen LogP contribution < -0.4 is 5.32 Å². The quantitative estimate of drug-likeness (QED) is 0.283. The minimum Gasteiger partial charge on any atom is -0.355 e. The number of benzene rings is 3. The Morgan fingerprint density at radius 3 is 2.26 bits per heavy atom. The van der Waals surface area contributed by atoms with E-state index >= 15 is 0 Å². The summed E-state index contributed by atoms with van der Waals surface area (Å²) >= 11 is 8.53. The first kappa shape index (κ1) is 26.5. The number of hydrogen-bond donors (Lipinski definition) is 1. The second kappa shape index (κ2) is 13.7. The fraction of sp³-hybridized carbons (Fsp3) is 0.259. The van der Waals surface area contributed by atoms with E-state index in [1.54, 1.807) is 16.7 Å². The van der Waals surface area contributed by atoms with Crippen LogP contribution in [0.15, 0.2) is 87.8 Å². The summed E-state index contributed by atoms with van der Waals surface area (Å²) in [7, 11) is 0. The Morgan fingerprint density at radius 2 is 1.59 bits per heavy atom. The molecule has 0 bridgehead atoms. The average Bonchev–Trinajstić information content (AvgIpc) is 2.83. The van der Waals surface area contributed by atoms with Gasteiger partial charge in [-0.1, -0.05) is 86.5 Å². The minimum absolute atomic E-state index is 0.0470. The number of hydrogen-bond acceptors (Lipinski definition) is 3. The van der Waals surface area contributed by atoms with Crippen LogP contribution in [0.1, 0.15) is 23.6 Å². The Hall–Kier alpha value is -2.09. The van der Waals surface area contributed by atoms with Crippen molar-refractivity contribution in [1.82, 2.24) is 10.2 Å². The van der Waals surface area contributed by atoms with E-state index in [1.165, 1.54) is 0 Å². The largest absolute Gasteiger partial charge is 0.355 e. The highest BCUT2D eigenvalue weighted by Crippen LogP contribution is 2.21. The van der Waals surface area contributed by atoms with Gasteiger partial charge in [-0.2, -0.15) is 0 Å². The van der Waals surface area contributed by atoms with Crippen molar-refractivity contribution < 1.29 is 9.59 Å². The Morgan fingerprint density at radius 1 is 0.882 bits per heavy atom. The van der Waals surface area contributed by atoms with Crippen molar-refractivity contribution in [2.24, 2.45) is 0 Å². The highest BCUT2D eigenvalue weighted by molar-refractivity contribution is 9.10. The standard InChI is InChI=1S/C27H28Br2N2O2S/c1-2-30-27(33)25(16-20-7-4-3-5-8-20)31(17-22-9-6-10-24(29)15-22)26(32)19-34-18-21-11-13-23(28)14-12-21/h3-15,25H,2,16-19H2,1H3,(H,30,33). The van der Waals surface area contributed by atoms with E-state index in [0.717, 1.165) is 31.4 Å². The number of likely N-dealkylation sites (N-methyl/N-ethyl adjacent to an activating group) is 1. The zero-order valence-electron chi connectivity index (χ0n) is 19.0. The first-order valence-electron chi connectivity index (χ1n) is 11.1. The van der Waals surface area contributed by atoms with Crippen LogP contribution in [0.2, 0.25) is 0 Å². The van der Waals surface area contributed by atoms with Gasteiger partial charge >= 0.3 is 0 Å². The van der Waals surface area contributed by atoms with Crippen LogP contribution >= 0.6 is 43.6 Å². The summed E-state index contributed by atoms with van der Waals surface area (Å²) in [4.78, 5) is 28.4. The van der Waals surface area contributed by atoms with Crippen LogP contribution in [0.3, 0.4) is 0 Å². The van der Waals surface area contributed by atoms with Crippen molar-refractivity contribution >= 4 is 55.4 Å². The molecule has 4 nitrogen and oxygen atoms in total. The number of nitrogens with one attached hydrogen (secondary N) is 1. The normalized spacial score (nSPS) is 11.6. The molecule has 0 radical (unpaired) electrons. The van der Waals surface area contributed by atoms with Crippen molar-refractivity contribution in [3.8, 4) is 0 Å². The Bertz CT molecular complexity index is 1080. The number of amides is 2. The molecule has 1 atom stereocenters. The summed E-state index contributed by atoms with van der Waals surface area (Å²) in [5, 5.41) is 2.93. The van der Waals surface area contributed by atoms with Crippen molar-refractivity contribution in [2.45, 2.75) is 31.7 Å². The van der Waals surface area contributed by atoms with Crippen LogP contribution in [0, 0.1) is 0 Å². The van der Waals surface area contributed by atoms with Crippen molar-refractivity contribution in [3.05, 3.63) is 104 Å². The molecule has 178 valence electrons. The topological polar surface area (TPSA) is 49.4 Å². The van der Waals surface area contributed by atoms with Gasteiger partial charge in [0, 0.05) is 34.2 Å². The second-order valence-electron chi connectivity index (χ2n) is 7.87. The SMILES string of the molecule is CCNC(=O)C(Cc1ccccc1)N(Cc1cccc(Br)c1)C(=O)CSCc1ccc(Br)cc1. The predicted molar refractivity (Wildman–Crippen MR) is 148 cm³/mol. The van der Waals surface area contributed by atoms with Gasteiger partial charge < -0.3 is 10.2 Å². The smallest absolute Gasteiger partial charge is 0.243 e. The maximum absolute atomic E-state index is 13.5. The molecule has 3 aromatic rings. The molecule has 0 spiro atoms. The average molecular weight is 604 g/mol. The van der Waals surface area contributed by atoms with Gasteiger partial charge in [0.2, 0.25) is 11.8 Å². The van der Waals surface area contributed by atoms with Crippen LogP contribution in [-0.4, -0.2) is 35.1 Å². The van der Waals surface area contributed by atoms with Crippen molar-refractivity contribution in [3.63, 3.8) is 0 Å². The first-order valence-corrected chi connectivity index (χ1v) is 13.9. The molecule has 0 aliphatic rings. The molecule has 3 aromatic carbocycles. The second-order valence-corrected chi connectivity index (χ2v) is 10.7. The first-order chi connectivity index (χ1) is 16.5.